The third-order valence-electron chi connectivity index (χ3n) is 3.39. The summed E-state index contributed by atoms with van der Waals surface area (Å²) in [5.41, 5.74) is 7.66. The molecule has 1 aliphatic rings. The zero-order valence-corrected chi connectivity index (χ0v) is 13.1. The third kappa shape index (κ3) is 4.55. The number of nitrogens with one attached hydrogen (secondary N) is 1. The minimum Gasteiger partial charge on any atom is -0.444 e. The number of amides is 1. The maximum absolute atomic E-state index is 11.9. The molecule has 21 heavy (non-hydrogen) atoms. The molecule has 1 aromatic rings. The molecule has 2 rings (SSSR count). The van der Waals surface area contributed by atoms with Gasteiger partial charge in [0.2, 0.25) is 0 Å². The average molecular weight is 291 g/mol. The zero-order valence-electron chi connectivity index (χ0n) is 13.1. The Bertz CT molecular complexity index is 503. The summed E-state index contributed by atoms with van der Waals surface area (Å²) < 4.78 is 5.26. The number of hydrogen-bond acceptors (Lipinski definition) is 4. The molecule has 1 aliphatic heterocycles. The van der Waals surface area contributed by atoms with Crippen LogP contribution in [0.15, 0.2) is 18.2 Å². The Labute approximate surface area is 126 Å². The molecular formula is C16H25N3O2. The first kappa shape index (κ1) is 15.5. The van der Waals surface area contributed by atoms with E-state index in [0.29, 0.717) is 11.4 Å². The van der Waals surface area contributed by atoms with E-state index in [1.54, 1.807) is 0 Å². The number of hydrogen-bond donors (Lipinski definition) is 2. The summed E-state index contributed by atoms with van der Waals surface area (Å²) in [5, 5.41) is 2.73. The predicted molar refractivity (Wildman–Crippen MR) is 86.8 cm³/mol. The van der Waals surface area contributed by atoms with E-state index in [-0.39, 0.29) is 0 Å². The van der Waals surface area contributed by atoms with Gasteiger partial charge >= 0.3 is 6.09 Å². The lowest BCUT2D eigenvalue weighted by molar-refractivity contribution is 0.0636. The van der Waals surface area contributed by atoms with Crippen molar-refractivity contribution in [3.05, 3.63) is 18.2 Å². The van der Waals surface area contributed by atoms with Gasteiger partial charge < -0.3 is 15.4 Å². The van der Waals surface area contributed by atoms with Crippen LogP contribution in [0.25, 0.3) is 0 Å². The minimum absolute atomic E-state index is 0.481. The lowest BCUT2D eigenvalue weighted by Crippen LogP contribution is -2.30. The lowest BCUT2D eigenvalue weighted by atomic mass is 10.1. The van der Waals surface area contributed by atoms with Crippen molar-refractivity contribution < 1.29 is 9.53 Å². The Morgan fingerprint density at radius 2 is 1.90 bits per heavy atom. The van der Waals surface area contributed by atoms with Crippen molar-refractivity contribution >= 4 is 23.2 Å². The Balaban J connectivity index is 2.10. The first-order chi connectivity index (χ1) is 9.85. The van der Waals surface area contributed by atoms with E-state index < -0.39 is 11.7 Å². The fourth-order valence-electron chi connectivity index (χ4n) is 2.41. The average Bonchev–Trinajstić information content (AvgIpc) is 2.40. The number of carbonyl (C=O) groups excluding carboxylic acids is 1. The van der Waals surface area contributed by atoms with Crippen LogP contribution in [0, 0.1) is 0 Å². The van der Waals surface area contributed by atoms with E-state index in [1.165, 1.54) is 19.3 Å². The maximum atomic E-state index is 11.9. The summed E-state index contributed by atoms with van der Waals surface area (Å²) in [6.07, 6.45) is 3.22. The van der Waals surface area contributed by atoms with E-state index in [9.17, 15) is 4.79 Å². The fourth-order valence-corrected chi connectivity index (χ4v) is 2.41. The topological polar surface area (TPSA) is 67.6 Å². The number of nitrogen functional groups attached to an aromatic ring is 1. The highest BCUT2D eigenvalue weighted by Crippen LogP contribution is 2.28. The van der Waals surface area contributed by atoms with Crippen LogP contribution in [-0.2, 0) is 4.74 Å². The van der Waals surface area contributed by atoms with Gasteiger partial charge in [-0.1, -0.05) is 0 Å². The van der Waals surface area contributed by atoms with Gasteiger partial charge in [-0.3, -0.25) is 5.32 Å². The Morgan fingerprint density at radius 1 is 1.24 bits per heavy atom. The molecule has 0 spiro atoms. The van der Waals surface area contributed by atoms with Gasteiger partial charge in [0.15, 0.2) is 0 Å². The Hall–Kier alpha value is -1.91. The number of benzene rings is 1. The lowest BCUT2D eigenvalue weighted by Gasteiger charge is -2.29. The van der Waals surface area contributed by atoms with Crippen molar-refractivity contribution in [1.82, 2.24) is 0 Å². The molecule has 1 fully saturated rings. The van der Waals surface area contributed by atoms with E-state index in [2.05, 4.69) is 10.2 Å². The number of anilines is 3. The summed E-state index contributed by atoms with van der Waals surface area (Å²) in [7, 11) is 0. The number of nitrogens with two attached hydrogens (primary N) is 1. The van der Waals surface area contributed by atoms with Gasteiger partial charge in [0.25, 0.3) is 0 Å². The molecule has 116 valence electrons. The highest BCUT2D eigenvalue weighted by molar-refractivity contribution is 5.90. The van der Waals surface area contributed by atoms with Crippen LogP contribution in [0.4, 0.5) is 21.9 Å². The normalized spacial score (nSPS) is 15.7. The predicted octanol–water partition coefficient (Wildman–Crippen LogP) is 3.61. The van der Waals surface area contributed by atoms with Crippen LogP contribution in [-0.4, -0.2) is 24.8 Å². The van der Waals surface area contributed by atoms with Gasteiger partial charge in [0.1, 0.15) is 5.60 Å². The third-order valence-corrected chi connectivity index (χ3v) is 3.39. The van der Waals surface area contributed by atoms with Crippen LogP contribution in [0.1, 0.15) is 40.0 Å². The van der Waals surface area contributed by atoms with Crippen molar-refractivity contribution in [3.8, 4) is 0 Å². The van der Waals surface area contributed by atoms with Crippen molar-refractivity contribution in [1.29, 1.82) is 0 Å². The molecule has 5 nitrogen and oxygen atoms in total. The second kappa shape index (κ2) is 6.24. The Morgan fingerprint density at radius 3 is 2.52 bits per heavy atom. The largest absolute Gasteiger partial charge is 0.444 e. The van der Waals surface area contributed by atoms with E-state index in [4.69, 9.17) is 10.5 Å². The molecule has 0 saturated carbocycles. The minimum atomic E-state index is -0.524. The zero-order chi connectivity index (χ0) is 15.5. The van der Waals surface area contributed by atoms with Crippen molar-refractivity contribution in [2.45, 2.75) is 45.6 Å². The van der Waals surface area contributed by atoms with Crippen LogP contribution in [0.5, 0.6) is 0 Å². The summed E-state index contributed by atoms with van der Waals surface area (Å²) in [6, 6.07) is 5.75. The fraction of sp³-hybridized carbons (Fsp3) is 0.562. The van der Waals surface area contributed by atoms with Crippen molar-refractivity contribution in [3.63, 3.8) is 0 Å². The van der Waals surface area contributed by atoms with E-state index >= 15 is 0 Å². The SMILES string of the molecule is CC(C)(C)OC(=O)Nc1cc(N2CCCCC2)ccc1N. The summed E-state index contributed by atoms with van der Waals surface area (Å²) >= 11 is 0. The van der Waals surface area contributed by atoms with Gasteiger partial charge in [-0.05, 0) is 58.2 Å². The van der Waals surface area contributed by atoms with Crippen LogP contribution in [0.3, 0.4) is 0 Å². The molecule has 1 aromatic carbocycles. The number of nitrogens with zero attached hydrogens (tertiary/aromatic N) is 1. The van der Waals surface area contributed by atoms with Gasteiger partial charge in [-0.25, -0.2) is 4.79 Å². The summed E-state index contributed by atoms with van der Waals surface area (Å²) in [4.78, 5) is 14.2. The van der Waals surface area contributed by atoms with Gasteiger partial charge in [-0.2, -0.15) is 0 Å². The molecular weight excluding hydrogens is 266 g/mol. The molecule has 0 atom stereocenters. The van der Waals surface area contributed by atoms with Crippen LogP contribution < -0.4 is 16.0 Å². The van der Waals surface area contributed by atoms with E-state index in [0.717, 1.165) is 18.8 Å². The van der Waals surface area contributed by atoms with Crippen LogP contribution in [0.2, 0.25) is 0 Å². The number of ether oxygens (including phenoxy) is 1. The van der Waals surface area contributed by atoms with Crippen molar-refractivity contribution in [2.24, 2.45) is 0 Å². The van der Waals surface area contributed by atoms with Gasteiger partial charge in [0, 0.05) is 18.8 Å². The maximum Gasteiger partial charge on any atom is 0.412 e. The molecule has 1 saturated heterocycles. The molecule has 0 aliphatic carbocycles. The van der Waals surface area contributed by atoms with E-state index in [1.807, 2.05) is 39.0 Å². The number of piperidine rings is 1. The molecule has 1 amide bonds. The highest BCUT2D eigenvalue weighted by Gasteiger charge is 2.18. The monoisotopic (exact) mass is 291 g/mol. The standard InChI is InChI=1S/C16H25N3O2/c1-16(2,3)21-15(20)18-14-11-12(7-8-13(14)17)19-9-5-4-6-10-19/h7-8,11H,4-6,9-10,17H2,1-3H3,(H,18,20). The molecule has 1 heterocycles. The molecule has 5 heteroatoms. The van der Waals surface area contributed by atoms with Crippen molar-refractivity contribution in [2.75, 3.05) is 29.0 Å². The molecule has 0 bridgehead atoms. The van der Waals surface area contributed by atoms with Gasteiger partial charge in [-0.15, -0.1) is 0 Å². The van der Waals surface area contributed by atoms with Gasteiger partial charge in [0.05, 0.1) is 11.4 Å². The molecule has 3 N–H and O–H groups in total. The number of rotatable bonds is 2. The van der Waals surface area contributed by atoms with Crippen LogP contribution >= 0.6 is 0 Å². The Kier molecular flexibility index (Phi) is 4.60. The number of carbonyl (C=O) groups is 1. The highest BCUT2D eigenvalue weighted by atomic mass is 16.6. The second-order valence-electron chi connectivity index (χ2n) is 6.45. The summed E-state index contributed by atoms with van der Waals surface area (Å²) in [5.74, 6) is 0. The summed E-state index contributed by atoms with van der Waals surface area (Å²) in [6.45, 7) is 7.60. The molecule has 0 radical (unpaired) electrons. The quantitative estimate of drug-likeness (QED) is 0.817. The molecule has 0 aromatic heterocycles. The molecule has 0 unspecified atom stereocenters. The second-order valence-corrected chi connectivity index (χ2v) is 6.45. The first-order valence-corrected chi connectivity index (χ1v) is 7.50. The first-order valence-electron chi connectivity index (χ1n) is 7.50. The smallest absolute Gasteiger partial charge is 0.412 e.